The molecule has 0 bridgehead atoms. The summed E-state index contributed by atoms with van der Waals surface area (Å²) in [5, 5.41) is 2.53. The summed E-state index contributed by atoms with van der Waals surface area (Å²) in [5.74, 6) is -0.604. The van der Waals surface area contributed by atoms with Crippen molar-refractivity contribution in [2.75, 3.05) is 30.8 Å². The zero-order chi connectivity index (χ0) is 25.3. The Morgan fingerprint density at radius 1 is 1.12 bits per heavy atom. The van der Waals surface area contributed by atoms with Crippen LogP contribution in [0.25, 0.3) is 0 Å². The van der Waals surface area contributed by atoms with Crippen molar-refractivity contribution in [1.29, 1.82) is 0 Å². The lowest BCUT2D eigenvalue weighted by molar-refractivity contribution is -0.140. The first-order chi connectivity index (χ1) is 16.1. The molecule has 0 fully saturated rings. The summed E-state index contributed by atoms with van der Waals surface area (Å²) >= 11 is 0. The van der Waals surface area contributed by atoms with Gasteiger partial charge in [0.1, 0.15) is 17.6 Å². The molecule has 0 radical (unpaired) electrons. The summed E-state index contributed by atoms with van der Waals surface area (Å²) in [4.78, 5) is 26.7. The largest absolute Gasteiger partial charge is 0.492 e. The number of likely N-dealkylation sites (N-methyl/N-ethyl adjacent to an activating group) is 1. The summed E-state index contributed by atoms with van der Waals surface area (Å²) in [7, 11) is -2.15. The second-order valence-electron chi connectivity index (χ2n) is 7.78. The molecule has 34 heavy (non-hydrogen) atoms. The number of hydrogen-bond acceptors (Lipinski definition) is 5. The maximum atomic E-state index is 13.3. The normalized spacial score (nSPS) is 12.0. The van der Waals surface area contributed by atoms with Crippen molar-refractivity contribution < 1.29 is 27.1 Å². The molecule has 0 heterocycles. The molecule has 0 aliphatic carbocycles. The summed E-state index contributed by atoms with van der Waals surface area (Å²) in [6.07, 6.45) is 1.35. The maximum absolute atomic E-state index is 13.3. The van der Waals surface area contributed by atoms with Crippen LogP contribution in [0.3, 0.4) is 0 Å². The number of amides is 2. The van der Waals surface area contributed by atoms with Crippen LogP contribution >= 0.6 is 0 Å². The van der Waals surface area contributed by atoms with Crippen molar-refractivity contribution in [2.24, 2.45) is 0 Å². The van der Waals surface area contributed by atoms with Crippen molar-refractivity contribution in [1.82, 2.24) is 10.2 Å². The van der Waals surface area contributed by atoms with Gasteiger partial charge >= 0.3 is 0 Å². The standard InChI is InChI=1S/C24H32FN3O5S/c1-5-33-22-10-7-6-9-21(22)28(34(4,31)32)16-8-11-23(29)27(18(2)24(30)26-3)17-19-12-14-20(25)15-13-19/h6-7,9-10,12-15,18H,5,8,11,16-17H2,1-4H3,(H,26,30). The molecule has 1 atom stereocenters. The molecule has 1 unspecified atom stereocenters. The van der Waals surface area contributed by atoms with Gasteiger partial charge in [0.05, 0.1) is 18.6 Å². The van der Waals surface area contributed by atoms with Crippen LogP contribution in [0, 0.1) is 5.82 Å². The Bertz CT molecular complexity index is 1080. The molecule has 8 nitrogen and oxygen atoms in total. The molecule has 0 spiro atoms. The number of carbonyl (C=O) groups is 2. The number of ether oxygens (including phenoxy) is 1. The minimum absolute atomic E-state index is 0.0192. The average molecular weight is 494 g/mol. The fourth-order valence-corrected chi connectivity index (χ4v) is 4.47. The average Bonchev–Trinajstić information content (AvgIpc) is 2.80. The number of halogens is 1. The van der Waals surface area contributed by atoms with Gasteiger partial charge < -0.3 is 15.0 Å². The third kappa shape index (κ3) is 7.44. The third-order valence-electron chi connectivity index (χ3n) is 5.27. The number of carbonyl (C=O) groups excluding carboxylic acids is 2. The Kier molecular flexibility index (Phi) is 9.85. The third-order valence-corrected chi connectivity index (χ3v) is 6.45. The molecule has 0 saturated heterocycles. The lowest BCUT2D eigenvalue weighted by Crippen LogP contribution is -2.46. The van der Waals surface area contributed by atoms with Crippen molar-refractivity contribution in [3.05, 3.63) is 59.9 Å². The second-order valence-corrected chi connectivity index (χ2v) is 9.68. The van der Waals surface area contributed by atoms with E-state index in [4.69, 9.17) is 4.74 Å². The van der Waals surface area contributed by atoms with Crippen molar-refractivity contribution in [3.63, 3.8) is 0 Å². The van der Waals surface area contributed by atoms with E-state index in [-0.39, 0.29) is 37.7 Å². The zero-order valence-corrected chi connectivity index (χ0v) is 20.8. The van der Waals surface area contributed by atoms with Crippen LogP contribution in [0.15, 0.2) is 48.5 Å². The highest BCUT2D eigenvalue weighted by molar-refractivity contribution is 7.92. The Balaban J connectivity index is 2.17. The summed E-state index contributed by atoms with van der Waals surface area (Å²) in [6.45, 7) is 3.98. The van der Waals surface area contributed by atoms with Gasteiger partial charge in [0.2, 0.25) is 21.8 Å². The predicted molar refractivity (Wildman–Crippen MR) is 130 cm³/mol. The van der Waals surface area contributed by atoms with Gasteiger partial charge in [0.15, 0.2) is 0 Å². The molecule has 2 aromatic rings. The molecule has 0 aliphatic rings. The number of nitrogens with one attached hydrogen (secondary N) is 1. The fourth-order valence-electron chi connectivity index (χ4n) is 3.50. The first-order valence-corrected chi connectivity index (χ1v) is 12.9. The second kappa shape index (κ2) is 12.4. The minimum atomic E-state index is -3.63. The smallest absolute Gasteiger partial charge is 0.242 e. The molecular weight excluding hydrogens is 461 g/mol. The van der Waals surface area contributed by atoms with Gasteiger partial charge in [-0.05, 0) is 50.1 Å². The van der Waals surface area contributed by atoms with Crippen molar-refractivity contribution in [2.45, 2.75) is 39.3 Å². The predicted octanol–water partition coefficient (Wildman–Crippen LogP) is 2.93. The van der Waals surface area contributed by atoms with Crippen LogP contribution in [-0.2, 0) is 26.2 Å². The lowest BCUT2D eigenvalue weighted by atomic mass is 10.1. The highest BCUT2D eigenvalue weighted by Gasteiger charge is 2.26. The van der Waals surface area contributed by atoms with Crippen LogP contribution in [0.1, 0.15) is 32.3 Å². The molecule has 1 N–H and O–H groups in total. The van der Waals surface area contributed by atoms with E-state index in [2.05, 4.69) is 5.32 Å². The number of sulfonamides is 1. The van der Waals surface area contributed by atoms with Gasteiger partial charge in [-0.2, -0.15) is 0 Å². The first-order valence-electron chi connectivity index (χ1n) is 11.0. The Morgan fingerprint density at radius 2 is 1.76 bits per heavy atom. The number of para-hydroxylation sites is 2. The lowest BCUT2D eigenvalue weighted by Gasteiger charge is -2.29. The fraction of sp³-hybridized carbons (Fsp3) is 0.417. The van der Waals surface area contributed by atoms with E-state index in [1.165, 1.54) is 28.4 Å². The van der Waals surface area contributed by atoms with Gasteiger partial charge in [0.25, 0.3) is 0 Å². The SMILES string of the molecule is CCOc1ccccc1N(CCCC(=O)N(Cc1ccc(F)cc1)C(C)C(=O)NC)S(C)(=O)=O. The van der Waals surface area contributed by atoms with Crippen LogP contribution in [0.5, 0.6) is 5.75 Å². The van der Waals surface area contributed by atoms with Crippen molar-refractivity contribution >= 4 is 27.5 Å². The van der Waals surface area contributed by atoms with Gasteiger partial charge in [-0.25, -0.2) is 12.8 Å². The van der Waals surface area contributed by atoms with Crippen LogP contribution in [0.4, 0.5) is 10.1 Å². The molecule has 2 aromatic carbocycles. The molecule has 0 aliphatic heterocycles. The topological polar surface area (TPSA) is 96.0 Å². The van der Waals surface area contributed by atoms with Gasteiger partial charge in [-0.1, -0.05) is 24.3 Å². The van der Waals surface area contributed by atoms with Crippen molar-refractivity contribution in [3.8, 4) is 5.75 Å². The van der Waals surface area contributed by atoms with Gasteiger partial charge in [-0.3, -0.25) is 13.9 Å². The highest BCUT2D eigenvalue weighted by Crippen LogP contribution is 2.30. The number of rotatable bonds is 12. The number of anilines is 1. The summed E-state index contributed by atoms with van der Waals surface area (Å²) in [5.41, 5.74) is 1.08. The van der Waals surface area contributed by atoms with E-state index in [1.807, 2.05) is 6.92 Å². The van der Waals surface area contributed by atoms with E-state index < -0.39 is 21.9 Å². The highest BCUT2D eigenvalue weighted by atomic mass is 32.2. The zero-order valence-electron chi connectivity index (χ0n) is 20.0. The molecule has 10 heteroatoms. The van der Waals surface area contributed by atoms with E-state index in [0.29, 0.717) is 23.6 Å². The number of nitrogens with zero attached hydrogens (tertiary/aromatic N) is 2. The minimum Gasteiger partial charge on any atom is -0.492 e. The Hall–Kier alpha value is -3.14. The molecule has 0 saturated carbocycles. The maximum Gasteiger partial charge on any atom is 0.242 e. The van der Waals surface area contributed by atoms with Gasteiger partial charge in [-0.15, -0.1) is 0 Å². The number of benzene rings is 2. The monoisotopic (exact) mass is 493 g/mol. The Morgan fingerprint density at radius 3 is 2.35 bits per heavy atom. The first kappa shape index (κ1) is 27.1. The molecule has 2 amide bonds. The quantitative estimate of drug-likeness (QED) is 0.491. The summed E-state index contributed by atoms with van der Waals surface area (Å²) < 4.78 is 45.1. The van der Waals surface area contributed by atoms with Crippen LogP contribution in [0.2, 0.25) is 0 Å². The van der Waals surface area contributed by atoms with E-state index in [0.717, 1.165) is 6.26 Å². The number of hydrogen-bond donors (Lipinski definition) is 1. The van der Waals surface area contributed by atoms with E-state index in [9.17, 15) is 22.4 Å². The molecule has 186 valence electrons. The molecular formula is C24H32FN3O5S. The van der Waals surface area contributed by atoms with Gasteiger partial charge in [0, 0.05) is 26.6 Å². The molecule has 0 aromatic heterocycles. The molecule has 2 rings (SSSR count). The van der Waals surface area contributed by atoms with E-state index >= 15 is 0 Å². The van der Waals surface area contributed by atoms with Crippen LogP contribution < -0.4 is 14.4 Å². The van der Waals surface area contributed by atoms with E-state index in [1.54, 1.807) is 43.3 Å². The summed E-state index contributed by atoms with van der Waals surface area (Å²) in [6, 6.07) is 11.8. The Labute approximate surface area is 200 Å². The van der Waals surface area contributed by atoms with Crippen LogP contribution in [-0.4, -0.2) is 57.6 Å².